The van der Waals surface area contributed by atoms with Crippen LogP contribution in [0.15, 0.2) is 36.5 Å². The third kappa shape index (κ3) is 2.78. The van der Waals surface area contributed by atoms with Gasteiger partial charge in [0.2, 0.25) is 0 Å². The number of ether oxygens (including phenoxy) is 1. The van der Waals surface area contributed by atoms with Crippen molar-refractivity contribution in [2.24, 2.45) is 0 Å². The van der Waals surface area contributed by atoms with Gasteiger partial charge in [-0.1, -0.05) is 29.8 Å². The van der Waals surface area contributed by atoms with Crippen LogP contribution in [0.4, 0.5) is 5.82 Å². The second-order valence-electron chi connectivity index (χ2n) is 4.79. The first-order valence-corrected chi connectivity index (χ1v) is 6.96. The molecule has 0 saturated carbocycles. The van der Waals surface area contributed by atoms with Crippen LogP contribution in [-0.2, 0) is 0 Å². The monoisotopic (exact) mass is 303 g/mol. The topological polar surface area (TPSA) is 77.2 Å². The lowest BCUT2D eigenvalue weighted by molar-refractivity contribution is 0.0925. The lowest BCUT2D eigenvalue weighted by Crippen LogP contribution is -2.32. The SMILES string of the molecule is Nc1cc(C(=O)NC2CCOc3ccccc32)c(Cl)cn1. The van der Waals surface area contributed by atoms with Crippen LogP contribution in [0.25, 0.3) is 0 Å². The number of anilines is 1. The van der Waals surface area contributed by atoms with Gasteiger partial charge in [0.05, 0.1) is 23.2 Å². The Morgan fingerprint density at radius 1 is 1.43 bits per heavy atom. The number of amides is 1. The zero-order valence-corrected chi connectivity index (χ0v) is 11.9. The third-order valence-corrected chi connectivity index (χ3v) is 3.69. The normalized spacial score (nSPS) is 16.7. The average molecular weight is 304 g/mol. The Morgan fingerprint density at radius 3 is 3.10 bits per heavy atom. The van der Waals surface area contributed by atoms with E-state index in [0.717, 1.165) is 11.3 Å². The summed E-state index contributed by atoms with van der Waals surface area (Å²) in [5, 5.41) is 3.25. The number of aromatic nitrogens is 1. The standard InChI is InChI=1S/C15H14ClN3O2/c16-11-8-18-14(17)7-10(11)15(20)19-12-5-6-21-13-4-2-1-3-9(12)13/h1-4,7-8,12H,5-6H2,(H2,17,18)(H,19,20). The Labute approximate surface area is 127 Å². The molecule has 3 N–H and O–H groups in total. The predicted octanol–water partition coefficient (Wildman–Crippen LogP) is 2.57. The van der Waals surface area contributed by atoms with E-state index in [0.29, 0.717) is 18.6 Å². The van der Waals surface area contributed by atoms with Gasteiger partial charge >= 0.3 is 0 Å². The molecule has 1 aromatic heterocycles. The molecule has 21 heavy (non-hydrogen) atoms. The molecule has 1 aromatic carbocycles. The van der Waals surface area contributed by atoms with Crippen molar-refractivity contribution in [1.82, 2.24) is 10.3 Å². The number of carbonyl (C=O) groups is 1. The van der Waals surface area contributed by atoms with Crippen LogP contribution >= 0.6 is 11.6 Å². The molecule has 2 aromatic rings. The summed E-state index contributed by atoms with van der Waals surface area (Å²) in [7, 11) is 0. The van der Waals surface area contributed by atoms with Crippen LogP contribution < -0.4 is 15.8 Å². The quantitative estimate of drug-likeness (QED) is 0.894. The van der Waals surface area contributed by atoms with Crippen molar-refractivity contribution in [3.8, 4) is 5.75 Å². The summed E-state index contributed by atoms with van der Waals surface area (Å²) in [6.45, 7) is 0.564. The van der Waals surface area contributed by atoms with E-state index in [1.54, 1.807) is 0 Å². The van der Waals surface area contributed by atoms with Crippen molar-refractivity contribution in [2.45, 2.75) is 12.5 Å². The van der Waals surface area contributed by atoms with Crippen LogP contribution in [0.3, 0.4) is 0 Å². The number of rotatable bonds is 2. The molecule has 2 heterocycles. The highest BCUT2D eigenvalue weighted by molar-refractivity contribution is 6.33. The first-order chi connectivity index (χ1) is 10.1. The molecule has 0 bridgehead atoms. The largest absolute Gasteiger partial charge is 0.493 e. The molecule has 1 aliphatic heterocycles. The fourth-order valence-corrected chi connectivity index (χ4v) is 2.55. The molecule has 108 valence electrons. The van der Waals surface area contributed by atoms with Crippen molar-refractivity contribution in [2.75, 3.05) is 12.3 Å². The zero-order valence-electron chi connectivity index (χ0n) is 11.2. The van der Waals surface area contributed by atoms with Crippen molar-refractivity contribution >= 4 is 23.3 Å². The van der Waals surface area contributed by atoms with Gasteiger partial charge in [-0.05, 0) is 12.1 Å². The fourth-order valence-electron chi connectivity index (χ4n) is 2.36. The number of pyridine rings is 1. The van der Waals surface area contributed by atoms with Gasteiger partial charge in [-0.15, -0.1) is 0 Å². The van der Waals surface area contributed by atoms with E-state index in [9.17, 15) is 4.79 Å². The maximum atomic E-state index is 12.4. The van der Waals surface area contributed by atoms with Crippen molar-refractivity contribution < 1.29 is 9.53 Å². The van der Waals surface area contributed by atoms with Gasteiger partial charge in [0, 0.05) is 18.2 Å². The molecule has 1 amide bonds. The summed E-state index contributed by atoms with van der Waals surface area (Å²) >= 11 is 6.01. The summed E-state index contributed by atoms with van der Waals surface area (Å²) in [5.74, 6) is 0.794. The number of hydrogen-bond donors (Lipinski definition) is 2. The average Bonchev–Trinajstić information content (AvgIpc) is 2.50. The van der Waals surface area contributed by atoms with Gasteiger partial charge in [0.15, 0.2) is 0 Å². The molecular weight excluding hydrogens is 290 g/mol. The number of carbonyl (C=O) groups excluding carboxylic acids is 1. The smallest absolute Gasteiger partial charge is 0.253 e. The lowest BCUT2D eigenvalue weighted by Gasteiger charge is -2.26. The van der Waals surface area contributed by atoms with Crippen LogP contribution in [0.5, 0.6) is 5.75 Å². The number of hydrogen-bond acceptors (Lipinski definition) is 4. The molecule has 0 saturated heterocycles. The van der Waals surface area contributed by atoms with Crippen molar-refractivity contribution in [3.63, 3.8) is 0 Å². The Kier molecular flexibility index (Phi) is 3.66. The molecule has 1 unspecified atom stereocenters. The third-order valence-electron chi connectivity index (χ3n) is 3.38. The van der Waals surface area contributed by atoms with Crippen LogP contribution in [0.1, 0.15) is 28.4 Å². The number of nitrogens with one attached hydrogen (secondary N) is 1. The van der Waals surface area contributed by atoms with E-state index < -0.39 is 0 Å². The van der Waals surface area contributed by atoms with Gasteiger partial charge in [-0.25, -0.2) is 4.98 Å². The summed E-state index contributed by atoms with van der Waals surface area (Å²) in [5.41, 5.74) is 6.90. The van der Waals surface area contributed by atoms with Gasteiger partial charge in [-0.3, -0.25) is 4.79 Å². The highest BCUT2D eigenvalue weighted by Crippen LogP contribution is 2.32. The summed E-state index contributed by atoms with van der Waals surface area (Å²) in [6.07, 6.45) is 2.09. The minimum Gasteiger partial charge on any atom is -0.493 e. The minimum absolute atomic E-state index is 0.104. The Balaban J connectivity index is 1.84. The van der Waals surface area contributed by atoms with Crippen LogP contribution in [0, 0.1) is 0 Å². The molecule has 0 aliphatic carbocycles. The lowest BCUT2D eigenvalue weighted by atomic mass is 10.0. The number of fused-ring (bicyclic) bond motifs is 1. The maximum absolute atomic E-state index is 12.4. The van der Waals surface area contributed by atoms with Crippen molar-refractivity contribution in [3.05, 3.63) is 52.7 Å². The molecule has 5 nitrogen and oxygen atoms in total. The minimum atomic E-state index is -0.268. The summed E-state index contributed by atoms with van der Waals surface area (Å²) in [6, 6.07) is 9.04. The number of nitrogen functional groups attached to an aromatic ring is 1. The number of nitrogens with zero attached hydrogens (tertiary/aromatic N) is 1. The molecule has 6 heteroatoms. The van der Waals surface area contributed by atoms with E-state index in [4.69, 9.17) is 22.1 Å². The van der Waals surface area contributed by atoms with Crippen LogP contribution in [0.2, 0.25) is 5.02 Å². The summed E-state index contributed by atoms with van der Waals surface area (Å²) < 4.78 is 5.58. The number of nitrogens with two attached hydrogens (primary N) is 1. The second-order valence-corrected chi connectivity index (χ2v) is 5.20. The van der Waals surface area contributed by atoms with E-state index in [2.05, 4.69) is 10.3 Å². The van der Waals surface area contributed by atoms with Gasteiger partial charge < -0.3 is 15.8 Å². The number of para-hydroxylation sites is 1. The Morgan fingerprint density at radius 2 is 2.24 bits per heavy atom. The molecule has 1 aliphatic rings. The first kappa shape index (κ1) is 13.7. The van der Waals surface area contributed by atoms with Crippen LogP contribution in [-0.4, -0.2) is 17.5 Å². The molecule has 0 fully saturated rings. The number of benzene rings is 1. The highest BCUT2D eigenvalue weighted by Gasteiger charge is 2.24. The maximum Gasteiger partial charge on any atom is 0.253 e. The highest BCUT2D eigenvalue weighted by atomic mass is 35.5. The van der Waals surface area contributed by atoms with E-state index in [-0.39, 0.29) is 22.8 Å². The molecule has 0 radical (unpaired) electrons. The number of halogens is 1. The van der Waals surface area contributed by atoms with Crippen molar-refractivity contribution in [1.29, 1.82) is 0 Å². The van der Waals surface area contributed by atoms with E-state index >= 15 is 0 Å². The molecule has 3 rings (SSSR count). The fraction of sp³-hybridized carbons (Fsp3) is 0.200. The van der Waals surface area contributed by atoms with Gasteiger partial charge in [0.25, 0.3) is 5.91 Å². The molecular formula is C15H14ClN3O2. The first-order valence-electron chi connectivity index (χ1n) is 6.59. The zero-order chi connectivity index (χ0) is 14.8. The summed E-state index contributed by atoms with van der Waals surface area (Å²) in [4.78, 5) is 16.2. The Hall–Kier alpha value is -2.27. The molecule has 0 spiro atoms. The Bertz CT molecular complexity index is 690. The predicted molar refractivity (Wildman–Crippen MR) is 80.4 cm³/mol. The van der Waals surface area contributed by atoms with E-state index in [1.807, 2.05) is 24.3 Å². The molecule has 1 atom stereocenters. The second kappa shape index (κ2) is 5.61. The van der Waals surface area contributed by atoms with Gasteiger partial charge in [-0.2, -0.15) is 0 Å². The van der Waals surface area contributed by atoms with Gasteiger partial charge in [0.1, 0.15) is 11.6 Å². The van der Waals surface area contributed by atoms with E-state index in [1.165, 1.54) is 12.3 Å².